The highest BCUT2D eigenvalue weighted by Gasteiger charge is 2.33. The van der Waals surface area contributed by atoms with Gasteiger partial charge in [-0.15, -0.1) is 5.01 Å². The highest BCUT2D eigenvalue weighted by atomic mass is 16.4. The Morgan fingerprint density at radius 2 is 2.03 bits per heavy atom. The number of amides is 1. The Bertz CT molecular complexity index is 1200. The molecule has 1 N–H and O–H groups in total. The molecule has 0 atom stereocenters. The van der Waals surface area contributed by atoms with Crippen molar-refractivity contribution in [2.45, 2.75) is 19.8 Å². The number of benzene rings is 2. The summed E-state index contributed by atoms with van der Waals surface area (Å²) in [6.07, 6.45) is 7.14. The monoisotopic (exact) mass is 426 g/mol. The number of fused-ring (bicyclic) bond motifs is 1. The van der Waals surface area contributed by atoms with Crippen LogP contribution in [0.5, 0.6) is 0 Å². The van der Waals surface area contributed by atoms with E-state index in [-0.39, 0.29) is 11.4 Å². The van der Waals surface area contributed by atoms with Crippen LogP contribution in [0.4, 0.5) is 11.4 Å². The number of hydrazone groups is 1. The summed E-state index contributed by atoms with van der Waals surface area (Å²) in [7, 11) is 0. The van der Waals surface area contributed by atoms with Crippen LogP contribution in [-0.2, 0) is 16.0 Å². The summed E-state index contributed by atoms with van der Waals surface area (Å²) in [5.74, 6) is -1.86. The zero-order valence-corrected chi connectivity index (χ0v) is 17.7. The number of hydrogen-bond donors (Lipinski definition) is 1. The molecule has 2 aromatic carbocycles. The molecule has 0 saturated heterocycles. The third-order valence-corrected chi connectivity index (χ3v) is 5.43. The van der Waals surface area contributed by atoms with Crippen molar-refractivity contribution in [3.05, 3.63) is 88.3 Å². The van der Waals surface area contributed by atoms with Crippen LogP contribution in [0.2, 0.25) is 0 Å². The number of carbonyl (C=O) groups is 2. The second kappa shape index (κ2) is 8.90. The van der Waals surface area contributed by atoms with E-state index in [1.165, 1.54) is 28.6 Å². The molecule has 0 spiro atoms. The van der Waals surface area contributed by atoms with Gasteiger partial charge in [-0.05, 0) is 60.3 Å². The van der Waals surface area contributed by atoms with Crippen molar-refractivity contribution >= 4 is 35.2 Å². The SMILES string of the molecule is [C-]#[N+]C1=NN(CC(=O)O)C(=O)/C1=C\C=C\c1ccc2c(c1)CCCN2c1ccc(C)cc1. The van der Waals surface area contributed by atoms with Crippen molar-refractivity contribution < 1.29 is 14.7 Å². The summed E-state index contributed by atoms with van der Waals surface area (Å²) in [5, 5.41) is 13.5. The summed E-state index contributed by atoms with van der Waals surface area (Å²) >= 11 is 0. The predicted octanol–water partition coefficient (Wildman–Crippen LogP) is 4.18. The number of anilines is 2. The summed E-state index contributed by atoms with van der Waals surface area (Å²) < 4.78 is 0. The lowest BCUT2D eigenvalue weighted by molar-refractivity contribution is -0.142. The first kappa shape index (κ1) is 21.1. The van der Waals surface area contributed by atoms with Gasteiger partial charge in [0, 0.05) is 17.9 Å². The molecule has 2 heterocycles. The first-order valence-corrected chi connectivity index (χ1v) is 10.3. The van der Waals surface area contributed by atoms with Gasteiger partial charge in [-0.3, -0.25) is 9.59 Å². The maximum atomic E-state index is 12.3. The normalized spacial score (nSPS) is 16.9. The Morgan fingerprint density at radius 1 is 1.25 bits per heavy atom. The second-order valence-corrected chi connectivity index (χ2v) is 7.71. The molecule has 32 heavy (non-hydrogen) atoms. The van der Waals surface area contributed by atoms with Gasteiger partial charge in [-0.1, -0.05) is 48.6 Å². The summed E-state index contributed by atoms with van der Waals surface area (Å²) in [5.41, 5.74) is 5.97. The third kappa shape index (κ3) is 4.30. The molecule has 0 aromatic heterocycles. The Balaban J connectivity index is 1.54. The van der Waals surface area contributed by atoms with Crippen LogP contribution in [-0.4, -0.2) is 40.9 Å². The molecule has 2 aliphatic rings. The van der Waals surface area contributed by atoms with Crippen LogP contribution < -0.4 is 4.90 Å². The molecule has 2 aliphatic heterocycles. The number of carboxylic acids is 1. The van der Waals surface area contributed by atoms with E-state index >= 15 is 0 Å². The van der Waals surface area contributed by atoms with Crippen LogP contribution in [0.3, 0.4) is 0 Å². The van der Waals surface area contributed by atoms with Crippen molar-refractivity contribution in [2.24, 2.45) is 5.10 Å². The maximum absolute atomic E-state index is 12.3. The lowest BCUT2D eigenvalue weighted by Gasteiger charge is -2.31. The minimum atomic E-state index is -1.18. The van der Waals surface area contributed by atoms with Gasteiger partial charge in [0.15, 0.2) is 6.54 Å². The van der Waals surface area contributed by atoms with Gasteiger partial charge in [0.05, 0.1) is 5.57 Å². The fourth-order valence-corrected chi connectivity index (χ4v) is 3.88. The fraction of sp³-hybridized carbons (Fsp3) is 0.200. The van der Waals surface area contributed by atoms with E-state index in [1.807, 2.05) is 12.1 Å². The quantitative estimate of drug-likeness (QED) is 0.575. The fourth-order valence-electron chi connectivity index (χ4n) is 3.88. The molecular weight excluding hydrogens is 404 g/mol. The number of hydrogen-bond acceptors (Lipinski definition) is 4. The van der Waals surface area contributed by atoms with E-state index in [0.29, 0.717) is 0 Å². The minimum Gasteiger partial charge on any atom is -0.480 e. The van der Waals surface area contributed by atoms with E-state index in [4.69, 9.17) is 11.7 Å². The first-order chi connectivity index (χ1) is 15.5. The van der Waals surface area contributed by atoms with Crippen LogP contribution >= 0.6 is 0 Å². The molecule has 7 nitrogen and oxygen atoms in total. The zero-order chi connectivity index (χ0) is 22.7. The second-order valence-electron chi connectivity index (χ2n) is 7.71. The number of aliphatic carboxylic acids is 1. The maximum Gasteiger partial charge on any atom is 0.327 e. The van der Waals surface area contributed by atoms with Gasteiger partial charge in [0.25, 0.3) is 5.91 Å². The number of rotatable bonds is 5. The van der Waals surface area contributed by atoms with Crippen LogP contribution in [0.1, 0.15) is 23.1 Å². The molecule has 7 heteroatoms. The molecule has 0 saturated carbocycles. The number of carbonyl (C=O) groups excluding carboxylic acids is 1. The molecule has 0 aliphatic carbocycles. The van der Waals surface area contributed by atoms with Crippen molar-refractivity contribution in [3.8, 4) is 0 Å². The Morgan fingerprint density at radius 3 is 2.75 bits per heavy atom. The Kier molecular flexibility index (Phi) is 5.86. The number of aryl methyl sites for hydroxylation is 2. The van der Waals surface area contributed by atoms with Crippen LogP contribution in [0.25, 0.3) is 10.9 Å². The van der Waals surface area contributed by atoms with E-state index in [0.717, 1.165) is 30.0 Å². The summed E-state index contributed by atoms with van der Waals surface area (Å²) in [6, 6.07) is 14.8. The van der Waals surface area contributed by atoms with E-state index in [2.05, 4.69) is 58.2 Å². The first-order valence-electron chi connectivity index (χ1n) is 10.3. The molecule has 0 unspecified atom stereocenters. The predicted molar refractivity (Wildman–Crippen MR) is 123 cm³/mol. The molecule has 1 amide bonds. The average Bonchev–Trinajstić information content (AvgIpc) is 3.08. The standard InChI is InChI=1S/C25H22N4O3/c1-17-8-11-20(12-9-17)28-14-4-6-19-15-18(10-13-22(19)28)5-3-7-21-24(26-2)27-29(25(21)32)16-23(30)31/h3,5,7-13,15H,4,6,14,16H2,1H3,(H,30,31)/b5-3+,21-7-. The molecule has 160 valence electrons. The topological polar surface area (TPSA) is 77.6 Å². The Labute approximate surface area is 186 Å². The smallest absolute Gasteiger partial charge is 0.327 e. The molecule has 4 rings (SSSR count). The molecule has 0 radical (unpaired) electrons. The third-order valence-electron chi connectivity index (χ3n) is 5.43. The van der Waals surface area contributed by atoms with Gasteiger partial charge < -0.3 is 14.9 Å². The average molecular weight is 426 g/mol. The lowest BCUT2D eigenvalue weighted by atomic mass is 9.98. The highest BCUT2D eigenvalue weighted by molar-refractivity contribution is 6.27. The van der Waals surface area contributed by atoms with E-state index in [9.17, 15) is 9.59 Å². The zero-order valence-electron chi connectivity index (χ0n) is 17.7. The molecule has 0 bridgehead atoms. The van der Waals surface area contributed by atoms with Gasteiger partial charge in [-0.25, -0.2) is 0 Å². The Hall–Kier alpha value is -4.18. The lowest BCUT2D eigenvalue weighted by Crippen LogP contribution is -2.28. The van der Waals surface area contributed by atoms with E-state index < -0.39 is 18.4 Å². The van der Waals surface area contributed by atoms with Gasteiger partial charge in [0.1, 0.15) is 0 Å². The van der Waals surface area contributed by atoms with Crippen LogP contribution in [0.15, 0.2) is 65.3 Å². The van der Waals surface area contributed by atoms with Gasteiger partial charge in [-0.2, -0.15) is 0 Å². The van der Waals surface area contributed by atoms with Crippen molar-refractivity contribution in [1.82, 2.24) is 5.01 Å². The molecular formula is C25H22N4O3. The van der Waals surface area contributed by atoms with Crippen molar-refractivity contribution in [2.75, 3.05) is 18.0 Å². The molecule has 0 fully saturated rings. The van der Waals surface area contributed by atoms with E-state index in [1.54, 1.807) is 6.08 Å². The number of amidine groups is 1. The minimum absolute atomic E-state index is 0.0971. The number of allylic oxidation sites excluding steroid dienone is 2. The molecule has 2 aromatic rings. The largest absolute Gasteiger partial charge is 0.480 e. The van der Waals surface area contributed by atoms with Crippen molar-refractivity contribution in [1.29, 1.82) is 0 Å². The van der Waals surface area contributed by atoms with Gasteiger partial charge in [0.2, 0.25) is 0 Å². The summed E-state index contributed by atoms with van der Waals surface area (Å²) in [6.45, 7) is 9.69. The van der Waals surface area contributed by atoms with Crippen molar-refractivity contribution in [3.63, 3.8) is 0 Å². The van der Waals surface area contributed by atoms with Crippen LogP contribution in [0, 0.1) is 13.5 Å². The van der Waals surface area contributed by atoms with Gasteiger partial charge >= 0.3 is 11.8 Å². The summed E-state index contributed by atoms with van der Waals surface area (Å²) in [4.78, 5) is 28.8. The number of carboxylic acid groups (broad SMARTS) is 1. The number of nitrogens with zero attached hydrogens (tertiary/aromatic N) is 4. The highest BCUT2D eigenvalue weighted by Crippen LogP contribution is 2.34.